The molecule has 0 bridgehead atoms. The maximum absolute atomic E-state index is 11.7. The minimum Gasteiger partial charge on any atom is -0.466 e. The summed E-state index contributed by atoms with van der Waals surface area (Å²) in [6, 6.07) is -0.479. The van der Waals surface area contributed by atoms with Crippen LogP contribution in [0.5, 0.6) is 0 Å². The minimum atomic E-state index is -0.659. The highest BCUT2D eigenvalue weighted by molar-refractivity contribution is 5.73. The molecule has 1 rings (SSSR count). The molecule has 0 aromatic heterocycles. The fraction of sp³-hybridized carbons (Fsp3) is 0.857. The van der Waals surface area contributed by atoms with E-state index in [1.807, 2.05) is 0 Å². The Kier molecular flexibility index (Phi) is 5.80. The summed E-state index contributed by atoms with van der Waals surface area (Å²) in [7, 11) is 0. The van der Waals surface area contributed by atoms with Crippen LogP contribution in [0.1, 0.15) is 47.0 Å². The standard InChI is InChI=1S/C14H25NO5/c1-5-19-12(17)9-6-7-11(16)10(8-9)15-13(18)20-14(2,3)4/h9-11,16H,5-8H2,1-4H3,(H,15,18)/t9-,10-,11-/m0/s1. The fourth-order valence-electron chi connectivity index (χ4n) is 2.24. The highest BCUT2D eigenvalue weighted by Crippen LogP contribution is 2.26. The number of esters is 1. The third-order valence-corrected chi connectivity index (χ3v) is 3.14. The predicted octanol–water partition coefficient (Wildman–Crippen LogP) is 1.60. The van der Waals surface area contributed by atoms with Gasteiger partial charge in [-0.1, -0.05) is 0 Å². The van der Waals surface area contributed by atoms with Crippen molar-refractivity contribution in [2.24, 2.45) is 5.92 Å². The van der Waals surface area contributed by atoms with Crippen molar-refractivity contribution in [1.29, 1.82) is 0 Å². The van der Waals surface area contributed by atoms with Gasteiger partial charge in [0.25, 0.3) is 0 Å². The molecule has 1 aliphatic carbocycles. The molecule has 0 saturated heterocycles. The molecule has 20 heavy (non-hydrogen) atoms. The van der Waals surface area contributed by atoms with E-state index in [4.69, 9.17) is 9.47 Å². The Bertz CT molecular complexity index is 350. The van der Waals surface area contributed by atoms with Crippen LogP contribution in [0.25, 0.3) is 0 Å². The minimum absolute atomic E-state index is 0.268. The lowest BCUT2D eigenvalue weighted by Crippen LogP contribution is -2.49. The number of ether oxygens (including phenoxy) is 2. The van der Waals surface area contributed by atoms with Crippen molar-refractivity contribution in [3.8, 4) is 0 Å². The summed E-state index contributed by atoms with van der Waals surface area (Å²) in [5, 5.41) is 12.6. The quantitative estimate of drug-likeness (QED) is 0.770. The number of aliphatic hydroxyl groups excluding tert-OH is 1. The molecule has 0 aromatic rings. The second-order valence-corrected chi connectivity index (χ2v) is 6.08. The van der Waals surface area contributed by atoms with E-state index in [1.165, 1.54) is 0 Å². The zero-order valence-corrected chi connectivity index (χ0v) is 12.6. The largest absolute Gasteiger partial charge is 0.466 e. The summed E-state index contributed by atoms with van der Waals surface area (Å²) < 4.78 is 10.1. The van der Waals surface area contributed by atoms with Crippen LogP contribution in [0.4, 0.5) is 4.79 Å². The van der Waals surface area contributed by atoms with Gasteiger partial charge < -0.3 is 19.9 Å². The second kappa shape index (κ2) is 6.92. The molecular formula is C14H25NO5. The summed E-state index contributed by atoms with van der Waals surface area (Å²) in [6.45, 7) is 7.40. The summed E-state index contributed by atoms with van der Waals surface area (Å²) in [6.07, 6.45) is 0.176. The van der Waals surface area contributed by atoms with E-state index in [0.29, 0.717) is 25.9 Å². The highest BCUT2D eigenvalue weighted by Gasteiger charge is 2.35. The third kappa shape index (κ3) is 5.36. The van der Waals surface area contributed by atoms with Gasteiger partial charge in [-0.15, -0.1) is 0 Å². The lowest BCUT2D eigenvalue weighted by atomic mass is 9.84. The van der Waals surface area contributed by atoms with Crippen molar-refractivity contribution in [2.45, 2.75) is 64.7 Å². The Morgan fingerprint density at radius 1 is 1.30 bits per heavy atom. The average molecular weight is 287 g/mol. The van der Waals surface area contributed by atoms with Gasteiger partial charge >= 0.3 is 12.1 Å². The maximum Gasteiger partial charge on any atom is 0.407 e. The Morgan fingerprint density at radius 3 is 2.50 bits per heavy atom. The molecular weight excluding hydrogens is 262 g/mol. The molecule has 1 fully saturated rings. The molecule has 0 aliphatic heterocycles. The number of hydrogen-bond acceptors (Lipinski definition) is 5. The van der Waals surface area contributed by atoms with Gasteiger partial charge in [-0.05, 0) is 47.0 Å². The van der Waals surface area contributed by atoms with Crippen LogP contribution in [-0.4, -0.2) is 41.5 Å². The van der Waals surface area contributed by atoms with E-state index in [9.17, 15) is 14.7 Å². The molecule has 0 aromatic carbocycles. The van der Waals surface area contributed by atoms with Crippen LogP contribution < -0.4 is 5.32 Å². The van der Waals surface area contributed by atoms with Gasteiger partial charge in [-0.3, -0.25) is 4.79 Å². The first-order valence-corrected chi connectivity index (χ1v) is 7.07. The zero-order valence-electron chi connectivity index (χ0n) is 12.6. The number of aliphatic hydroxyl groups is 1. The predicted molar refractivity (Wildman–Crippen MR) is 73.1 cm³/mol. The van der Waals surface area contributed by atoms with Crippen molar-refractivity contribution >= 4 is 12.1 Å². The molecule has 3 atom stereocenters. The highest BCUT2D eigenvalue weighted by atomic mass is 16.6. The number of nitrogens with one attached hydrogen (secondary N) is 1. The monoisotopic (exact) mass is 287 g/mol. The lowest BCUT2D eigenvalue weighted by molar-refractivity contribution is -0.150. The zero-order chi connectivity index (χ0) is 15.3. The van der Waals surface area contributed by atoms with Gasteiger partial charge in [0.15, 0.2) is 0 Å². The Balaban J connectivity index is 2.54. The van der Waals surface area contributed by atoms with Crippen molar-refractivity contribution in [2.75, 3.05) is 6.61 Å². The molecule has 116 valence electrons. The van der Waals surface area contributed by atoms with Crippen LogP contribution in [0.3, 0.4) is 0 Å². The van der Waals surface area contributed by atoms with Gasteiger partial charge in [0.2, 0.25) is 0 Å². The third-order valence-electron chi connectivity index (χ3n) is 3.14. The Hall–Kier alpha value is -1.30. The normalized spacial score (nSPS) is 26.8. The summed E-state index contributed by atoms with van der Waals surface area (Å²) >= 11 is 0. The fourth-order valence-corrected chi connectivity index (χ4v) is 2.24. The van der Waals surface area contributed by atoms with Crippen molar-refractivity contribution in [1.82, 2.24) is 5.32 Å². The van der Waals surface area contributed by atoms with E-state index >= 15 is 0 Å². The molecule has 0 spiro atoms. The van der Waals surface area contributed by atoms with E-state index in [-0.39, 0.29) is 11.9 Å². The first-order chi connectivity index (χ1) is 9.23. The summed E-state index contributed by atoms with van der Waals surface area (Å²) in [5.74, 6) is -0.548. The molecule has 0 radical (unpaired) electrons. The van der Waals surface area contributed by atoms with Crippen molar-refractivity contribution in [3.05, 3.63) is 0 Å². The number of rotatable bonds is 3. The smallest absolute Gasteiger partial charge is 0.407 e. The maximum atomic E-state index is 11.7. The van der Waals surface area contributed by atoms with Crippen molar-refractivity contribution in [3.63, 3.8) is 0 Å². The average Bonchev–Trinajstić information content (AvgIpc) is 2.29. The van der Waals surface area contributed by atoms with Crippen LogP contribution in [0.2, 0.25) is 0 Å². The number of hydrogen-bond donors (Lipinski definition) is 2. The van der Waals surface area contributed by atoms with Gasteiger partial charge in [0.1, 0.15) is 5.60 Å². The molecule has 6 nitrogen and oxygen atoms in total. The first kappa shape index (κ1) is 16.8. The Morgan fingerprint density at radius 2 is 1.95 bits per heavy atom. The van der Waals surface area contributed by atoms with Crippen molar-refractivity contribution < 1.29 is 24.2 Å². The molecule has 0 unspecified atom stereocenters. The Labute approximate surface area is 119 Å². The number of amides is 1. The first-order valence-electron chi connectivity index (χ1n) is 7.07. The van der Waals surface area contributed by atoms with Gasteiger partial charge in [0.05, 0.1) is 24.7 Å². The van der Waals surface area contributed by atoms with Gasteiger partial charge in [-0.25, -0.2) is 4.79 Å². The molecule has 1 saturated carbocycles. The lowest BCUT2D eigenvalue weighted by Gasteiger charge is -2.33. The van der Waals surface area contributed by atoms with Crippen LogP contribution in [0, 0.1) is 5.92 Å². The van der Waals surface area contributed by atoms with E-state index in [2.05, 4.69) is 5.32 Å². The summed E-state index contributed by atoms with van der Waals surface area (Å²) in [4.78, 5) is 23.4. The molecule has 1 amide bonds. The van der Waals surface area contributed by atoms with Gasteiger partial charge in [-0.2, -0.15) is 0 Å². The SMILES string of the molecule is CCOC(=O)[C@H]1CC[C@H](O)[C@@H](NC(=O)OC(C)(C)C)C1. The van der Waals surface area contributed by atoms with Crippen LogP contribution >= 0.6 is 0 Å². The second-order valence-electron chi connectivity index (χ2n) is 6.08. The van der Waals surface area contributed by atoms with Crippen LogP contribution in [0.15, 0.2) is 0 Å². The topological polar surface area (TPSA) is 84.9 Å². The summed E-state index contributed by atoms with van der Waals surface area (Å²) in [5.41, 5.74) is -0.593. The number of carbonyl (C=O) groups is 2. The molecule has 0 heterocycles. The van der Waals surface area contributed by atoms with Crippen LogP contribution in [-0.2, 0) is 14.3 Å². The molecule has 2 N–H and O–H groups in total. The molecule has 1 aliphatic rings. The van der Waals surface area contributed by atoms with E-state index in [0.717, 1.165) is 0 Å². The number of carbonyl (C=O) groups excluding carboxylic acids is 2. The number of alkyl carbamates (subject to hydrolysis) is 1. The van der Waals surface area contributed by atoms with E-state index in [1.54, 1.807) is 27.7 Å². The van der Waals surface area contributed by atoms with E-state index < -0.39 is 23.8 Å². The molecule has 6 heteroatoms. The van der Waals surface area contributed by atoms with Gasteiger partial charge in [0, 0.05) is 0 Å².